The van der Waals surface area contributed by atoms with Gasteiger partial charge in [-0.2, -0.15) is 0 Å². The van der Waals surface area contributed by atoms with Gasteiger partial charge in [0.05, 0.1) is 23.4 Å². The molecule has 0 amide bonds. The average molecular weight is 234 g/mol. The van der Waals surface area contributed by atoms with E-state index in [0.29, 0.717) is 0 Å². The molecule has 1 aromatic heterocycles. The number of fused-ring (bicyclic) bond motifs is 1. The number of carbonyl (C=O) groups is 1. The van der Waals surface area contributed by atoms with Crippen LogP contribution in [0.5, 0.6) is 0 Å². The maximum absolute atomic E-state index is 10.9. The topological polar surface area (TPSA) is 104 Å². The highest BCUT2D eigenvalue weighted by molar-refractivity contribution is 5.77. The van der Waals surface area contributed by atoms with Crippen molar-refractivity contribution < 1.29 is 9.90 Å². The van der Waals surface area contributed by atoms with Crippen LogP contribution in [0.2, 0.25) is 0 Å². The third-order valence-corrected chi connectivity index (χ3v) is 2.76. The SMILES string of the molecule is CNC(c1ccc2nc[nH]c2c1)C(N)C(=O)O. The second-order valence-electron chi connectivity index (χ2n) is 3.81. The number of benzene rings is 1. The molecule has 0 spiro atoms. The van der Waals surface area contributed by atoms with E-state index in [1.54, 1.807) is 13.4 Å². The number of aromatic nitrogens is 2. The summed E-state index contributed by atoms with van der Waals surface area (Å²) in [5, 5.41) is 11.8. The molecule has 0 aliphatic rings. The highest BCUT2D eigenvalue weighted by Gasteiger charge is 2.24. The average Bonchev–Trinajstić information content (AvgIpc) is 2.77. The molecule has 0 radical (unpaired) electrons. The highest BCUT2D eigenvalue weighted by atomic mass is 16.4. The third kappa shape index (κ3) is 2.13. The van der Waals surface area contributed by atoms with E-state index < -0.39 is 18.1 Å². The lowest BCUT2D eigenvalue weighted by Crippen LogP contribution is -2.42. The van der Waals surface area contributed by atoms with Crippen LogP contribution in [0.25, 0.3) is 11.0 Å². The van der Waals surface area contributed by atoms with Crippen molar-refractivity contribution in [3.8, 4) is 0 Å². The van der Waals surface area contributed by atoms with Gasteiger partial charge in [0.25, 0.3) is 0 Å². The number of H-pyrrole nitrogens is 1. The highest BCUT2D eigenvalue weighted by Crippen LogP contribution is 2.19. The Morgan fingerprint density at radius 1 is 1.59 bits per heavy atom. The number of likely N-dealkylation sites (N-methyl/N-ethyl adjacent to an activating group) is 1. The first-order chi connectivity index (χ1) is 8.13. The molecule has 2 atom stereocenters. The van der Waals surface area contributed by atoms with Gasteiger partial charge in [0.1, 0.15) is 6.04 Å². The summed E-state index contributed by atoms with van der Waals surface area (Å²) in [4.78, 5) is 18.0. The Morgan fingerprint density at radius 2 is 2.35 bits per heavy atom. The number of nitrogens with one attached hydrogen (secondary N) is 2. The number of carboxylic acid groups (broad SMARTS) is 1. The van der Waals surface area contributed by atoms with Crippen LogP contribution in [-0.2, 0) is 4.79 Å². The van der Waals surface area contributed by atoms with Crippen LogP contribution in [0.4, 0.5) is 0 Å². The Labute approximate surface area is 97.8 Å². The van der Waals surface area contributed by atoms with E-state index in [1.165, 1.54) is 0 Å². The number of aromatic amines is 1. The van der Waals surface area contributed by atoms with Crippen molar-refractivity contribution in [3.63, 3.8) is 0 Å². The van der Waals surface area contributed by atoms with Gasteiger partial charge in [-0.15, -0.1) is 0 Å². The molecule has 1 heterocycles. The van der Waals surface area contributed by atoms with Gasteiger partial charge in [0.15, 0.2) is 0 Å². The van der Waals surface area contributed by atoms with Crippen molar-refractivity contribution in [2.24, 2.45) is 5.73 Å². The second-order valence-corrected chi connectivity index (χ2v) is 3.81. The number of carboxylic acids is 1. The van der Waals surface area contributed by atoms with Crippen LogP contribution in [-0.4, -0.2) is 34.1 Å². The van der Waals surface area contributed by atoms with Crippen LogP contribution in [0.3, 0.4) is 0 Å². The molecule has 6 nitrogen and oxygen atoms in total. The molecule has 17 heavy (non-hydrogen) atoms. The molecule has 0 aliphatic heterocycles. The molecule has 90 valence electrons. The first-order valence-electron chi connectivity index (χ1n) is 5.22. The van der Waals surface area contributed by atoms with E-state index in [2.05, 4.69) is 15.3 Å². The zero-order chi connectivity index (χ0) is 12.4. The molecule has 0 saturated heterocycles. The zero-order valence-corrected chi connectivity index (χ0v) is 9.34. The maximum atomic E-state index is 10.9. The van der Waals surface area contributed by atoms with E-state index in [1.807, 2.05) is 18.2 Å². The van der Waals surface area contributed by atoms with E-state index in [-0.39, 0.29) is 0 Å². The molecule has 2 unspecified atom stereocenters. The van der Waals surface area contributed by atoms with E-state index in [4.69, 9.17) is 10.8 Å². The number of nitrogens with zero attached hydrogens (tertiary/aromatic N) is 1. The summed E-state index contributed by atoms with van der Waals surface area (Å²) in [5.74, 6) is -1.03. The number of hydrogen-bond donors (Lipinski definition) is 4. The van der Waals surface area contributed by atoms with Gasteiger partial charge in [0.2, 0.25) is 0 Å². The minimum atomic E-state index is -1.03. The van der Waals surface area contributed by atoms with Gasteiger partial charge in [-0.25, -0.2) is 4.98 Å². The Bertz CT molecular complexity index is 537. The largest absolute Gasteiger partial charge is 0.480 e. The fourth-order valence-corrected chi connectivity index (χ4v) is 1.84. The normalized spacial score (nSPS) is 14.7. The number of hydrogen-bond acceptors (Lipinski definition) is 4. The molecule has 0 aliphatic carbocycles. The molecule has 0 fully saturated rings. The van der Waals surface area contributed by atoms with Crippen LogP contribution >= 0.6 is 0 Å². The molecule has 6 heteroatoms. The minimum absolute atomic E-state index is 0.430. The summed E-state index contributed by atoms with van der Waals surface area (Å²) in [5.41, 5.74) is 8.16. The van der Waals surface area contributed by atoms with E-state index >= 15 is 0 Å². The summed E-state index contributed by atoms with van der Waals surface area (Å²) in [6.07, 6.45) is 1.60. The van der Waals surface area contributed by atoms with Gasteiger partial charge in [-0.05, 0) is 24.7 Å². The van der Waals surface area contributed by atoms with Gasteiger partial charge in [-0.1, -0.05) is 6.07 Å². The Kier molecular flexibility index (Phi) is 3.08. The predicted molar refractivity (Wildman–Crippen MR) is 63.5 cm³/mol. The molecule has 2 aromatic rings. The molecular weight excluding hydrogens is 220 g/mol. The number of imidazole rings is 1. The number of nitrogens with two attached hydrogens (primary N) is 1. The molecule has 1 aromatic carbocycles. The Morgan fingerprint density at radius 3 is 3.00 bits per heavy atom. The van der Waals surface area contributed by atoms with Crippen molar-refractivity contribution in [2.75, 3.05) is 7.05 Å². The molecule has 2 rings (SSSR count). The molecule has 5 N–H and O–H groups in total. The smallest absolute Gasteiger partial charge is 0.322 e. The van der Waals surface area contributed by atoms with Gasteiger partial charge in [-0.3, -0.25) is 4.79 Å². The van der Waals surface area contributed by atoms with Gasteiger partial charge in [0, 0.05) is 0 Å². The van der Waals surface area contributed by atoms with Gasteiger partial charge < -0.3 is 21.1 Å². The summed E-state index contributed by atoms with van der Waals surface area (Å²) in [6, 6.07) is 4.10. The van der Waals surface area contributed by atoms with Crippen LogP contribution in [0.15, 0.2) is 24.5 Å². The first-order valence-corrected chi connectivity index (χ1v) is 5.22. The standard InChI is InChI=1S/C11H14N4O2/c1-13-10(9(12)11(16)17)6-2-3-7-8(4-6)15-5-14-7/h2-5,9-10,13H,12H2,1H3,(H,14,15)(H,16,17). The van der Waals surface area contributed by atoms with Crippen LogP contribution in [0, 0.1) is 0 Å². The van der Waals surface area contributed by atoms with Crippen molar-refractivity contribution >= 4 is 17.0 Å². The minimum Gasteiger partial charge on any atom is -0.480 e. The first kappa shape index (κ1) is 11.6. The summed E-state index contributed by atoms with van der Waals surface area (Å²) >= 11 is 0. The predicted octanol–water partition coefficient (Wildman–Crippen LogP) is 0.235. The molecule has 0 saturated carbocycles. The summed E-state index contributed by atoms with van der Waals surface area (Å²) in [7, 11) is 1.69. The fourth-order valence-electron chi connectivity index (χ4n) is 1.84. The molecular formula is C11H14N4O2. The second kappa shape index (κ2) is 4.52. The summed E-state index contributed by atoms with van der Waals surface area (Å²) in [6.45, 7) is 0. The van der Waals surface area contributed by atoms with Crippen molar-refractivity contribution in [2.45, 2.75) is 12.1 Å². The Balaban J connectivity index is 2.38. The number of rotatable bonds is 4. The summed E-state index contributed by atoms with van der Waals surface area (Å²) < 4.78 is 0. The van der Waals surface area contributed by atoms with E-state index in [9.17, 15) is 4.79 Å². The lowest BCUT2D eigenvalue weighted by molar-refractivity contribution is -0.139. The fraction of sp³-hybridized carbons (Fsp3) is 0.273. The quantitative estimate of drug-likeness (QED) is 0.606. The maximum Gasteiger partial charge on any atom is 0.322 e. The van der Waals surface area contributed by atoms with E-state index in [0.717, 1.165) is 16.6 Å². The van der Waals surface area contributed by atoms with Crippen molar-refractivity contribution in [1.82, 2.24) is 15.3 Å². The van der Waals surface area contributed by atoms with Crippen molar-refractivity contribution in [1.29, 1.82) is 0 Å². The zero-order valence-electron chi connectivity index (χ0n) is 9.34. The third-order valence-electron chi connectivity index (χ3n) is 2.76. The Hall–Kier alpha value is -1.92. The monoisotopic (exact) mass is 234 g/mol. The lowest BCUT2D eigenvalue weighted by Gasteiger charge is -2.20. The van der Waals surface area contributed by atoms with Crippen LogP contribution in [0.1, 0.15) is 11.6 Å². The van der Waals surface area contributed by atoms with Gasteiger partial charge >= 0.3 is 5.97 Å². The lowest BCUT2D eigenvalue weighted by atomic mass is 9.99. The molecule has 0 bridgehead atoms. The number of aliphatic carboxylic acids is 1. The van der Waals surface area contributed by atoms with Crippen LogP contribution < -0.4 is 11.1 Å². The van der Waals surface area contributed by atoms with Crippen molar-refractivity contribution in [3.05, 3.63) is 30.1 Å².